The molecule has 0 saturated carbocycles. The molecule has 0 fully saturated rings. The first-order valence-electron chi connectivity index (χ1n) is 1.47. The van der Waals surface area contributed by atoms with Crippen molar-refractivity contribution in [2.45, 2.75) is 0 Å². The van der Waals surface area contributed by atoms with Gasteiger partial charge in [-0.1, -0.05) is 12.1 Å². The first kappa shape index (κ1) is 10.4. The molecule has 7 heavy (non-hydrogen) atoms. The van der Waals surface area contributed by atoms with Gasteiger partial charge in [0, 0.05) is 0 Å². The third-order valence-electron chi connectivity index (χ3n) is 0.425. The average Bonchev–Trinajstić information content (AvgIpc) is 1.76. The molecular weight excluding hydrogens is 120 g/mol. The minimum absolute atomic E-state index is 0. The molecular formula is C4H4MgOS. The van der Waals surface area contributed by atoms with Crippen LogP contribution in [0.3, 0.4) is 0 Å². The first-order chi connectivity index (χ1) is 2.50. The SMILES string of the molecule is [Mg+2].[O-2].c1ccsc1. The van der Waals surface area contributed by atoms with E-state index in [0.717, 1.165) is 0 Å². The molecule has 0 N–H and O–H groups in total. The fourth-order valence-electron chi connectivity index (χ4n) is 0.227. The number of rotatable bonds is 0. The standard InChI is InChI=1S/C4H4S.Mg.O/c1-2-4-5-3-1;;/h1-4H;;/q;+2;-2. The van der Waals surface area contributed by atoms with Crippen LogP contribution in [-0.2, 0) is 5.48 Å². The van der Waals surface area contributed by atoms with Gasteiger partial charge in [0.1, 0.15) is 0 Å². The van der Waals surface area contributed by atoms with Gasteiger partial charge >= 0.3 is 23.1 Å². The van der Waals surface area contributed by atoms with Gasteiger partial charge in [-0.05, 0) is 10.8 Å². The van der Waals surface area contributed by atoms with E-state index in [-0.39, 0.29) is 28.5 Å². The first-order valence-corrected chi connectivity index (χ1v) is 2.41. The van der Waals surface area contributed by atoms with Crippen molar-refractivity contribution in [1.29, 1.82) is 0 Å². The van der Waals surface area contributed by atoms with E-state index in [1.54, 1.807) is 11.3 Å². The molecule has 0 spiro atoms. The third kappa shape index (κ3) is 4.28. The average molecular weight is 124 g/mol. The predicted molar refractivity (Wildman–Crippen MR) is 30.8 cm³/mol. The Hall–Kier alpha value is 0.426. The van der Waals surface area contributed by atoms with Gasteiger partial charge in [-0.15, -0.1) is 0 Å². The molecule has 0 aromatic carbocycles. The Balaban J connectivity index is 0. The molecule has 0 bridgehead atoms. The maximum Gasteiger partial charge on any atom is 2.00 e. The molecule has 1 aromatic heterocycles. The Morgan fingerprint density at radius 1 is 1.00 bits per heavy atom. The Bertz CT molecular complexity index is 68.2. The summed E-state index contributed by atoms with van der Waals surface area (Å²) in [4.78, 5) is 0. The summed E-state index contributed by atoms with van der Waals surface area (Å²) >= 11 is 1.71. The summed E-state index contributed by atoms with van der Waals surface area (Å²) in [6.45, 7) is 0. The molecule has 0 unspecified atom stereocenters. The van der Waals surface area contributed by atoms with E-state index in [2.05, 4.69) is 0 Å². The van der Waals surface area contributed by atoms with Crippen molar-refractivity contribution in [3.05, 3.63) is 22.9 Å². The molecule has 0 saturated heterocycles. The van der Waals surface area contributed by atoms with Crippen molar-refractivity contribution in [3.63, 3.8) is 0 Å². The largest absolute Gasteiger partial charge is 2.00 e. The monoisotopic (exact) mass is 124 g/mol. The van der Waals surface area contributed by atoms with Crippen LogP contribution in [-0.4, -0.2) is 23.1 Å². The van der Waals surface area contributed by atoms with Crippen LogP contribution in [0.25, 0.3) is 0 Å². The van der Waals surface area contributed by atoms with Gasteiger partial charge < -0.3 is 5.48 Å². The second kappa shape index (κ2) is 6.43. The van der Waals surface area contributed by atoms with Crippen LogP contribution in [0.5, 0.6) is 0 Å². The van der Waals surface area contributed by atoms with Gasteiger partial charge in [0.25, 0.3) is 0 Å². The van der Waals surface area contributed by atoms with Gasteiger partial charge in [0.15, 0.2) is 0 Å². The Morgan fingerprint density at radius 2 is 1.43 bits per heavy atom. The molecule has 1 heterocycles. The van der Waals surface area contributed by atoms with Crippen LogP contribution in [0.4, 0.5) is 0 Å². The van der Waals surface area contributed by atoms with Gasteiger partial charge in [-0.2, -0.15) is 11.3 Å². The minimum Gasteiger partial charge on any atom is -2.00 e. The normalized spacial score (nSPS) is 5.71. The molecule has 3 heteroatoms. The van der Waals surface area contributed by atoms with Crippen LogP contribution >= 0.6 is 11.3 Å². The van der Waals surface area contributed by atoms with Crippen molar-refractivity contribution >= 4 is 34.4 Å². The van der Waals surface area contributed by atoms with E-state index < -0.39 is 0 Å². The van der Waals surface area contributed by atoms with Crippen molar-refractivity contribution in [3.8, 4) is 0 Å². The number of hydrogen-bond donors (Lipinski definition) is 0. The van der Waals surface area contributed by atoms with Gasteiger partial charge in [-0.3, -0.25) is 0 Å². The molecule has 0 aliphatic carbocycles. The Morgan fingerprint density at radius 3 is 1.57 bits per heavy atom. The summed E-state index contributed by atoms with van der Waals surface area (Å²) in [5.74, 6) is 0. The zero-order valence-corrected chi connectivity index (χ0v) is 6.06. The Kier molecular flexibility index (Phi) is 9.56. The Labute approximate surface area is 62.8 Å². The maximum absolute atomic E-state index is 2.04. The predicted octanol–water partition coefficient (Wildman–Crippen LogP) is 1.25. The molecule has 1 aromatic rings. The second-order valence-corrected chi connectivity index (χ2v) is 1.61. The van der Waals surface area contributed by atoms with Crippen LogP contribution in [0, 0.1) is 0 Å². The smallest absolute Gasteiger partial charge is 2.00 e. The number of thiophene rings is 1. The maximum atomic E-state index is 2.04. The third-order valence-corrected chi connectivity index (χ3v) is 1.05. The van der Waals surface area contributed by atoms with Crippen molar-refractivity contribution in [2.75, 3.05) is 0 Å². The summed E-state index contributed by atoms with van der Waals surface area (Å²) in [7, 11) is 0. The van der Waals surface area contributed by atoms with Crippen molar-refractivity contribution < 1.29 is 5.48 Å². The zero-order valence-electron chi connectivity index (χ0n) is 3.83. The summed E-state index contributed by atoms with van der Waals surface area (Å²) in [5, 5.41) is 4.08. The fraction of sp³-hybridized carbons (Fsp3) is 0. The van der Waals surface area contributed by atoms with Crippen LogP contribution in [0.2, 0.25) is 0 Å². The number of hydrogen-bond acceptors (Lipinski definition) is 1. The van der Waals surface area contributed by atoms with E-state index >= 15 is 0 Å². The summed E-state index contributed by atoms with van der Waals surface area (Å²) in [6, 6.07) is 4.04. The molecule has 1 nitrogen and oxygen atoms in total. The van der Waals surface area contributed by atoms with Gasteiger partial charge in [-0.25, -0.2) is 0 Å². The van der Waals surface area contributed by atoms with E-state index in [1.165, 1.54) is 0 Å². The molecule has 0 atom stereocenters. The van der Waals surface area contributed by atoms with Crippen LogP contribution in [0.15, 0.2) is 22.9 Å². The molecule has 1 rings (SSSR count). The van der Waals surface area contributed by atoms with Gasteiger partial charge in [0.05, 0.1) is 0 Å². The summed E-state index contributed by atoms with van der Waals surface area (Å²) in [6.07, 6.45) is 0. The van der Waals surface area contributed by atoms with E-state index in [9.17, 15) is 0 Å². The quantitative estimate of drug-likeness (QED) is 0.466. The van der Waals surface area contributed by atoms with E-state index in [0.29, 0.717) is 0 Å². The summed E-state index contributed by atoms with van der Waals surface area (Å²) in [5.41, 5.74) is 0. The van der Waals surface area contributed by atoms with Gasteiger partial charge in [0.2, 0.25) is 0 Å². The van der Waals surface area contributed by atoms with Crippen LogP contribution in [0.1, 0.15) is 0 Å². The van der Waals surface area contributed by atoms with E-state index in [1.807, 2.05) is 22.9 Å². The van der Waals surface area contributed by atoms with E-state index in [4.69, 9.17) is 0 Å². The fourth-order valence-corrected chi connectivity index (χ4v) is 0.680. The molecule has 0 radical (unpaired) electrons. The molecule has 0 aliphatic heterocycles. The summed E-state index contributed by atoms with van der Waals surface area (Å²) < 4.78 is 0. The van der Waals surface area contributed by atoms with Crippen molar-refractivity contribution in [2.24, 2.45) is 0 Å². The second-order valence-electron chi connectivity index (χ2n) is 0.793. The van der Waals surface area contributed by atoms with Crippen molar-refractivity contribution in [1.82, 2.24) is 0 Å². The topological polar surface area (TPSA) is 28.5 Å². The zero-order chi connectivity index (χ0) is 3.54. The molecule has 34 valence electrons. The molecule has 0 aliphatic rings. The molecule has 0 amide bonds. The van der Waals surface area contributed by atoms with Crippen LogP contribution < -0.4 is 0 Å². The minimum atomic E-state index is 0.